The van der Waals surface area contributed by atoms with Crippen LogP contribution in [0.15, 0.2) is 23.3 Å². The van der Waals surface area contributed by atoms with Crippen molar-refractivity contribution in [3.8, 4) is 0 Å². The fraction of sp³-hybridized carbons (Fsp3) is 0.647. The number of pyridine rings is 1. The first-order chi connectivity index (χ1) is 11.6. The zero-order valence-electron chi connectivity index (χ0n) is 14.4. The van der Waals surface area contributed by atoms with Gasteiger partial charge in [0.2, 0.25) is 0 Å². The molecule has 0 amide bonds. The lowest BCUT2D eigenvalue weighted by Gasteiger charge is -2.32. The Morgan fingerprint density at radius 3 is 2.71 bits per heavy atom. The Hall–Kier alpha value is -1.76. The molecule has 0 atom stereocenters. The van der Waals surface area contributed by atoms with Crippen molar-refractivity contribution in [3.05, 3.63) is 29.6 Å². The van der Waals surface area contributed by atoms with Gasteiger partial charge in [-0.15, -0.1) is 0 Å². The highest BCUT2D eigenvalue weighted by atomic mass is 19.3. The first-order valence-corrected chi connectivity index (χ1v) is 8.46. The van der Waals surface area contributed by atoms with Crippen molar-refractivity contribution in [1.82, 2.24) is 20.5 Å². The van der Waals surface area contributed by atoms with Crippen molar-refractivity contribution in [2.24, 2.45) is 4.99 Å². The van der Waals surface area contributed by atoms with Crippen molar-refractivity contribution in [1.29, 1.82) is 0 Å². The van der Waals surface area contributed by atoms with Crippen LogP contribution in [0, 0.1) is 6.92 Å². The van der Waals surface area contributed by atoms with Gasteiger partial charge in [0.15, 0.2) is 5.96 Å². The van der Waals surface area contributed by atoms with Gasteiger partial charge in [-0.3, -0.25) is 14.9 Å². The minimum atomic E-state index is -2.25. The summed E-state index contributed by atoms with van der Waals surface area (Å²) in [6.07, 6.45) is 2.23. The normalized spacial score (nSPS) is 17.3. The van der Waals surface area contributed by atoms with Crippen LogP contribution < -0.4 is 10.6 Å². The second-order valence-electron chi connectivity index (χ2n) is 6.17. The molecule has 7 heteroatoms. The Morgan fingerprint density at radius 2 is 2.12 bits per heavy atom. The number of aryl methyl sites for hydroxylation is 1. The van der Waals surface area contributed by atoms with Crippen LogP contribution in [0.4, 0.5) is 8.78 Å². The van der Waals surface area contributed by atoms with Crippen molar-refractivity contribution >= 4 is 5.96 Å². The molecular formula is C17H27F2N5. The van der Waals surface area contributed by atoms with Gasteiger partial charge in [-0.25, -0.2) is 8.78 Å². The molecule has 1 aromatic rings. The van der Waals surface area contributed by atoms with E-state index in [1.54, 1.807) is 7.05 Å². The van der Waals surface area contributed by atoms with Gasteiger partial charge in [-0.05, 0) is 37.8 Å². The van der Waals surface area contributed by atoms with E-state index in [2.05, 4.69) is 26.7 Å². The van der Waals surface area contributed by atoms with E-state index < -0.39 is 6.43 Å². The summed E-state index contributed by atoms with van der Waals surface area (Å²) in [4.78, 5) is 10.3. The average Bonchev–Trinajstić information content (AvgIpc) is 2.57. The monoisotopic (exact) mass is 339 g/mol. The van der Waals surface area contributed by atoms with Gasteiger partial charge in [0, 0.05) is 44.6 Å². The van der Waals surface area contributed by atoms with E-state index in [4.69, 9.17) is 0 Å². The lowest BCUT2D eigenvalue weighted by atomic mass is 10.1. The molecule has 0 spiro atoms. The Labute approximate surface area is 142 Å². The van der Waals surface area contributed by atoms with Crippen LogP contribution in [0.5, 0.6) is 0 Å². The van der Waals surface area contributed by atoms with E-state index in [0.29, 0.717) is 13.1 Å². The molecule has 2 rings (SSSR count). The quantitative estimate of drug-likeness (QED) is 0.613. The molecule has 1 aliphatic rings. The third-order valence-electron chi connectivity index (χ3n) is 4.23. The SMILES string of the molecule is CN=C(NCCc1ccc(C)nc1)NC1CCN(CC(F)F)CC1. The predicted octanol–water partition coefficient (Wildman–Crippen LogP) is 1.83. The summed E-state index contributed by atoms with van der Waals surface area (Å²) in [6, 6.07) is 4.38. The molecule has 2 N–H and O–H groups in total. The van der Waals surface area contributed by atoms with E-state index in [1.165, 1.54) is 5.56 Å². The van der Waals surface area contributed by atoms with Gasteiger partial charge in [0.05, 0.1) is 6.54 Å². The standard InChI is InChI=1S/C17H27F2N5/c1-13-3-4-14(11-22-13)5-8-21-17(20-2)23-15-6-9-24(10-7-15)12-16(18)19/h3-4,11,15-16H,5-10,12H2,1-2H3,(H2,20,21,23). The van der Waals surface area contributed by atoms with Gasteiger partial charge in [0.1, 0.15) is 0 Å². The van der Waals surface area contributed by atoms with Crippen LogP contribution >= 0.6 is 0 Å². The molecular weight excluding hydrogens is 312 g/mol. The number of halogens is 2. The molecule has 2 heterocycles. The fourth-order valence-electron chi connectivity index (χ4n) is 2.81. The van der Waals surface area contributed by atoms with Crippen LogP contribution in [0.3, 0.4) is 0 Å². The summed E-state index contributed by atoms with van der Waals surface area (Å²) < 4.78 is 24.8. The zero-order chi connectivity index (χ0) is 17.4. The maximum atomic E-state index is 12.4. The van der Waals surface area contributed by atoms with Crippen LogP contribution in [-0.2, 0) is 6.42 Å². The Balaban J connectivity index is 1.68. The first kappa shape index (κ1) is 18.6. The fourth-order valence-corrected chi connectivity index (χ4v) is 2.81. The van der Waals surface area contributed by atoms with Gasteiger partial charge >= 0.3 is 0 Å². The van der Waals surface area contributed by atoms with Crippen LogP contribution in [0.2, 0.25) is 0 Å². The summed E-state index contributed by atoms with van der Waals surface area (Å²) >= 11 is 0. The number of nitrogens with one attached hydrogen (secondary N) is 2. The van der Waals surface area contributed by atoms with Crippen LogP contribution in [0.25, 0.3) is 0 Å². The highest BCUT2D eigenvalue weighted by Crippen LogP contribution is 2.11. The van der Waals surface area contributed by atoms with Crippen molar-refractivity contribution in [3.63, 3.8) is 0 Å². The summed E-state index contributed by atoms with van der Waals surface area (Å²) in [5.41, 5.74) is 2.20. The number of nitrogens with zero attached hydrogens (tertiary/aromatic N) is 3. The second kappa shape index (κ2) is 9.52. The minimum Gasteiger partial charge on any atom is -0.356 e. The number of guanidine groups is 1. The van der Waals surface area contributed by atoms with E-state index in [9.17, 15) is 8.78 Å². The lowest BCUT2D eigenvalue weighted by Crippen LogP contribution is -2.49. The maximum absolute atomic E-state index is 12.4. The number of alkyl halides is 2. The number of aromatic nitrogens is 1. The number of rotatable bonds is 6. The van der Waals surface area contributed by atoms with Gasteiger partial charge in [-0.2, -0.15) is 0 Å². The van der Waals surface area contributed by atoms with E-state index in [1.807, 2.05) is 24.1 Å². The van der Waals surface area contributed by atoms with Gasteiger partial charge < -0.3 is 10.6 Å². The van der Waals surface area contributed by atoms with E-state index in [0.717, 1.165) is 37.5 Å². The van der Waals surface area contributed by atoms with E-state index >= 15 is 0 Å². The van der Waals surface area contributed by atoms with Crippen molar-refractivity contribution < 1.29 is 8.78 Å². The lowest BCUT2D eigenvalue weighted by molar-refractivity contribution is 0.0744. The molecule has 134 valence electrons. The molecule has 0 aliphatic carbocycles. The smallest absolute Gasteiger partial charge is 0.251 e. The number of aliphatic imine (C=N–C) groups is 1. The number of hydrogen-bond acceptors (Lipinski definition) is 3. The molecule has 1 saturated heterocycles. The molecule has 0 bridgehead atoms. The third-order valence-corrected chi connectivity index (χ3v) is 4.23. The molecule has 1 aromatic heterocycles. The van der Waals surface area contributed by atoms with Crippen molar-refractivity contribution in [2.75, 3.05) is 33.2 Å². The molecule has 0 radical (unpaired) electrons. The summed E-state index contributed by atoms with van der Waals surface area (Å²) in [5.74, 6) is 0.766. The highest BCUT2D eigenvalue weighted by molar-refractivity contribution is 5.79. The summed E-state index contributed by atoms with van der Waals surface area (Å²) in [7, 11) is 1.74. The number of hydrogen-bond donors (Lipinski definition) is 2. The Kier molecular flexibility index (Phi) is 7.36. The topological polar surface area (TPSA) is 52.6 Å². The predicted molar refractivity (Wildman–Crippen MR) is 92.6 cm³/mol. The molecule has 5 nitrogen and oxygen atoms in total. The minimum absolute atomic E-state index is 0.121. The summed E-state index contributed by atoms with van der Waals surface area (Å²) in [5, 5.41) is 6.68. The second-order valence-corrected chi connectivity index (χ2v) is 6.17. The third kappa shape index (κ3) is 6.39. The summed E-state index contributed by atoms with van der Waals surface area (Å²) in [6.45, 7) is 4.03. The molecule has 0 unspecified atom stereocenters. The van der Waals surface area contributed by atoms with E-state index in [-0.39, 0.29) is 12.6 Å². The average molecular weight is 339 g/mol. The molecule has 1 fully saturated rings. The van der Waals surface area contributed by atoms with Crippen molar-refractivity contribution in [2.45, 2.75) is 38.7 Å². The maximum Gasteiger partial charge on any atom is 0.251 e. The Morgan fingerprint density at radius 1 is 1.38 bits per heavy atom. The molecule has 0 saturated carbocycles. The highest BCUT2D eigenvalue weighted by Gasteiger charge is 2.21. The largest absolute Gasteiger partial charge is 0.356 e. The molecule has 0 aromatic carbocycles. The Bertz CT molecular complexity index is 510. The first-order valence-electron chi connectivity index (χ1n) is 8.46. The van der Waals surface area contributed by atoms with Gasteiger partial charge in [0.25, 0.3) is 6.43 Å². The van der Waals surface area contributed by atoms with Crippen LogP contribution in [-0.4, -0.2) is 61.5 Å². The number of likely N-dealkylation sites (tertiary alicyclic amines) is 1. The zero-order valence-corrected chi connectivity index (χ0v) is 14.4. The molecule has 1 aliphatic heterocycles. The number of piperidine rings is 1. The van der Waals surface area contributed by atoms with Gasteiger partial charge in [-0.1, -0.05) is 6.07 Å². The van der Waals surface area contributed by atoms with Crippen LogP contribution in [0.1, 0.15) is 24.1 Å². The molecule has 24 heavy (non-hydrogen) atoms.